The smallest absolute Gasteiger partial charge is 0.294 e. The Balaban J connectivity index is 1.39. The van der Waals surface area contributed by atoms with Crippen molar-refractivity contribution >= 4 is 52.2 Å². The van der Waals surface area contributed by atoms with Crippen LogP contribution in [0.1, 0.15) is 22.3 Å². The van der Waals surface area contributed by atoms with Crippen LogP contribution in [0.15, 0.2) is 65.6 Å². The Kier molecular flexibility index (Phi) is 7.76. The number of para-hydroxylation sites is 1. The molecule has 1 aliphatic rings. The van der Waals surface area contributed by atoms with Gasteiger partial charge in [0.2, 0.25) is 5.91 Å². The van der Waals surface area contributed by atoms with Gasteiger partial charge in [-0.3, -0.25) is 19.3 Å². The van der Waals surface area contributed by atoms with E-state index in [2.05, 4.69) is 5.32 Å². The molecule has 0 bridgehead atoms. The minimum Gasteiger partial charge on any atom is -0.489 e. The summed E-state index contributed by atoms with van der Waals surface area (Å²) in [5.41, 5.74) is 3.38. The van der Waals surface area contributed by atoms with E-state index in [0.717, 1.165) is 27.8 Å². The average Bonchev–Trinajstić information content (AvgIpc) is 3.09. The number of imide groups is 1. The topological polar surface area (TPSA) is 75.7 Å². The van der Waals surface area contributed by atoms with Gasteiger partial charge in [-0.05, 0) is 72.6 Å². The molecule has 0 saturated carbocycles. The van der Waals surface area contributed by atoms with E-state index in [1.165, 1.54) is 12.1 Å². The number of anilines is 1. The summed E-state index contributed by atoms with van der Waals surface area (Å²) in [5, 5.41) is 2.56. The molecule has 0 spiro atoms. The number of amides is 3. The zero-order valence-corrected chi connectivity index (χ0v) is 21.1. The predicted octanol–water partition coefficient (Wildman–Crippen LogP) is 6.35. The molecule has 0 unspecified atom stereocenters. The summed E-state index contributed by atoms with van der Waals surface area (Å²) in [6, 6.07) is 16.8. The summed E-state index contributed by atoms with van der Waals surface area (Å²) in [6.07, 6.45) is 1.58. The SMILES string of the molecule is Cc1cccc(C)c1NC(=O)CN1C(=O)S/C(=C\c2ccc(OCc3c(F)cccc3Cl)cc2)C1=O. The molecule has 6 nitrogen and oxygen atoms in total. The van der Waals surface area contributed by atoms with E-state index in [1.54, 1.807) is 36.4 Å². The van der Waals surface area contributed by atoms with Crippen molar-refractivity contribution in [3.8, 4) is 5.75 Å². The van der Waals surface area contributed by atoms with Crippen molar-refractivity contribution in [1.82, 2.24) is 4.90 Å². The maximum absolute atomic E-state index is 13.9. The van der Waals surface area contributed by atoms with Gasteiger partial charge in [-0.25, -0.2) is 4.39 Å². The Morgan fingerprint density at radius 3 is 2.39 bits per heavy atom. The number of carbonyl (C=O) groups is 3. The molecule has 0 aliphatic carbocycles. The Hall–Kier alpha value is -3.62. The molecule has 1 N–H and O–H groups in total. The largest absolute Gasteiger partial charge is 0.489 e. The third kappa shape index (κ3) is 5.78. The monoisotopic (exact) mass is 524 g/mol. The lowest BCUT2D eigenvalue weighted by Gasteiger charge is -2.15. The Bertz CT molecular complexity index is 1330. The molecule has 4 rings (SSSR count). The van der Waals surface area contributed by atoms with Gasteiger partial charge in [0.1, 0.15) is 24.7 Å². The number of hydrogen-bond acceptors (Lipinski definition) is 5. The fourth-order valence-corrected chi connectivity index (χ4v) is 4.66. The molecule has 1 fully saturated rings. The van der Waals surface area contributed by atoms with E-state index in [4.69, 9.17) is 16.3 Å². The number of thioether (sulfide) groups is 1. The normalized spacial score (nSPS) is 14.4. The molecule has 0 radical (unpaired) electrons. The summed E-state index contributed by atoms with van der Waals surface area (Å²) in [6.45, 7) is 3.34. The lowest BCUT2D eigenvalue weighted by molar-refractivity contribution is -0.127. The molecule has 1 heterocycles. The van der Waals surface area contributed by atoms with Crippen molar-refractivity contribution in [2.24, 2.45) is 0 Å². The molecule has 0 atom stereocenters. The molecule has 184 valence electrons. The first kappa shape index (κ1) is 25.5. The molecule has 0 aromatic heterocycles. The van der Waals surface area contributed by atoms with Crippen LogP contribution in [-0.4, -0.2) is 28.5 Å². The number of aryl methyl sites for hydroxylation is 2. The van der Waals surface area contributed by atoms with Crippen LogP contribution in [0.4, 0.5) is 14.9 Å². The van der Waals surface area contributed by atoms with Gasteiger partial charge in [0, 0.05) is 11.3 Å². The second-order valence-electron chi connectivity index (χ2n) is 8.14. The second-order valence-corrected chi connectivity index (χ2v) is 9.54. The molecule has 1 saturated heterocycles. The van der Waals surface area contributed by atoms with Crippen LogP contribution in [0.25, 0.3) is 6.08 Å². The van der Waals surface area contributed by atoms with Crippen molar-refractivity contribution in [1.29, 1.82) is 0 Å². The van der Waals surface area contributed by atoms with Gasteiger partial charge >= 0.3 is 0 Å². The van der Waals surface area contributed by atoms with E-state index in [1.807, 2.05) is 32.0 Å². The standard InChI is InChI=1S/C27H22ClFN2O4S/c1-16-5-3-6-17(2)25(16)30-24(32)14-31-26(33)23(36-27(31)34)13-18-9-11-19(12-10-18)35-15-20-21(28)7-4-8-22(20)29/h3-13H,14-15H2,1-2H3,(H,30,32)/b23-13-. The van der Waals surface area contributed by atoms with Gasteiger partial charge in [0.15, 0.2) is 0 Å². The van der Waals surface area contributed by atoms with Crippen molar-refractivity contribution < 1.29 is 23.5 Å². The molecular weight excluding hydrogens is 503 g/mol. The molecule has 9 heteroatoms. The number of halogens is 2. The van der Waals surface area contributed by atoms with E-state index in [9.17, 15) is 18.8 Å². The Morgan fingerprint density at radius 2 is 1.72 bits per heavy atom. The van der Waals surface area contributed by atoms with Gasteiger partial charge < -0.3 is 10.1 Å². The highest BCUT2D eigenvalue weighted by Gasteiger charge is 2.36. The van der Waals surface area contributed by atoms with E-state index in [0.29, 0.717) is 17.0 Å². The Morgan fingerprint density at radius 1 is 1.06 bits per heavy atom. The lowest BCUT2D eigenvalue weighted by Crippen LogP contribution is -2.36. The van der Waals surface area contributed by atoms with Crippen LogP contribution in [-0.2, 0) is 16.2 Å². The van der Waals surface area contributed by atoms with E-state index >= 15 is 0 Å². The van der Waals surface area contributed by atoms with Gasteiger partial charge in [0.25, 0.3) is 11.1 Å². The van der Waals surface area contributed by atoms with Gasteiger partial charge in [-0.2, -0.15) is 0 Å². The van der Waals surface area contributed by atoms with Crippen LogP contribution >= 0.6 is 23.4 Å². The van der Waals surface area contributed by atoms with Crippen molar-refractivity contribution in [3.05, 3.63) is 98.7 Å². The number of ether oxygens (including phenoxy) is 1. The number of carbonyl (C=O) groups excluding carboxylic acids is 3. The summed E-state index contributed by atoms with van der Waals surface area (Å²) >= 11 is 6.80. The fraction of sp³-hybridized carbons (Fsp3) is 0.148. The van der Waals surface area contributed by atoms with Crippen LogP contribution in [0.2, 0.25) is 5.02 Å². The highest BCUT2D eigenvalue weighted by Crippen LogP contribution is 2.32. The molecule has 3 aromatic carbocycles. The van der Waals surface area contributed by atoms with Crippen LogP contribution in [0, 0.1) is 19.7 Å². The molecular formula is C27H22ClFN2O4S. The van der Waals surface area contributed by atoms with E-state index < -0.39 is 22.9 Å². The van der Waals surface area contributed by atoms with Gasteiger partial charge in [-0.1, -0.05) is 48.0 Å². The highest BCUT2D eigenvalue weighted by molar-refractivity contribution is 8.18. The first-order chi connectivity index (χ1) is 17.2. The summed E-state index contributed by atoms with van der Waals surface area (Å²) in [7, 11) is 0. The van der Waals surface area contributed by atoms with Crippen LogP contribution < -0.4 is 10.1 Å². The Labute approximate surface area is 217 Å². The lowest BCUT2D eigenvalue weighted by atomic mass is 10.1. The van der Waals surface area contributed by atoms with E-state index in [-0.39, 0.29) is 28.6 Å². The number of rotatable bonds is 7. The maximum atomic E-state index is 13.9. The average molecular weight is 525 g/mol. The predicted molar refractivity (Wildman–Crippen MR) is 139 cm³/mol. The summed E-state index contributed by atoms with van der Waals surface area (Å²) in [5.74, 6) is -0.941. The molecule has 36 heavy (non-hydrogen) atoms. The number of nitrogens with zero attached hydrogens (tertiary/aromatic N) is 1. The zero-order chi connectivity index (χ0) is 25.8. The number of benzene rings is 3. The minimum atomic E-state index is -0.531. The second kappa shape index (κ2) is 11.0. The third-order valence-electron chi connectivity index (χ3n) is 5.54. The van der Waals surface area contributed by atoms with Crippen molar-refractivity contribution in [2.75, 3.05) is 11.9 Å². The van der Waals surface area contributed by atoms with Crippen molar-refractivity contribution in [3.63, 3.8) is 0 Å². The quantitative estimate of drug-likeness (QED) is 0.364. The summed E-state index contributed by atoms with van der Waals surface area (Å²) < 4.78 is 19.5. The number of nitrogens with one attached hydrogen (secondary N) is 1. The summed E-state index contributed by atoms with van der Waals surface area (Å²) in [4.78, 5) is 38.9. The first-order valence-electron chi connectivity index (χ1n) is 11.0. The maximum Gasteiger partial charge on any atom is 0.294 e. The highest BCUT2D eigenvalue weighted by atomic mass is 35.5. The third-order valence-corrected chi connectivity index (χ3v) is 6.81. The van der Waals surface area contributed by atoms with Gasteiger partial charge in [-0.15, -0.1) is 0 Å². The molecule has 3 aromatic rings. The molecule has 3 amide bonds. The first-order valence-corrected chi connectivity index (χ1v) is 12.2. The van der Waals surface area contributed by atoms with Crippen molar-refractivity contribution in [2.45, 2.75) is 20.5 Å². The number of hydrogen-bond donors (Lipinski definition) is 1. The zero-order valence-electron chi connectivity index (χ0n) is 19.5. The van der Waals surface area contributed by atoms with Crippen LogP contribution in [0.5, 0.6) is 5.75 Å². The molecule has 1 aliphatic heterocycles. The van der Waals surface area contributed by atoms with Gasteiger partial charge in [0.05, 0.1) is 9.93 Å². The van der Waals surface area contributed by atoms with Crippen LogP contribution in [0.3, 0.4) is 0 Å². The minimum absolute atomic E-state index is 0.0339. The fourth-order valence-electron chi connectivity index (χ4n) is 3.61.